The highest BCUT2D eigenvalue weighted by Gasteiger charge is 2.36. The van der Waals surface area contributed by atoms with Crippen LogP contribution in [0.4, 0.5) is 0 Å². The fourth-order valence-electron chi connectivity index (χ4n) is 3.95. The molecule has 0 aliphatic heterocycles. The van der Waals surface area contributed by atoms with Gasteiger partial charge < -0.3 is 15.6 Å². The van der Waals surface area contributed by atoms with Gasteiger partial charge in [-0.3, -0.25) is 9.59 Å². The number of halogens is 2. The van der Waals surface area contributed by atoms with E-state index in [0.717, 1.165) is 22.0 Å². The van der Waals surface area contributed by atoms with Crippen LogP contribution in [0.5, 0.6) is 0 Å². The van der Waals surface area contributed by atoms with Crippen LogP contribution in [-0.2, 0) is 11.2 Å². The number of amides is 2. The average Bonchev–Trinajstić information content (AvgIpc) is 3.19. The number of nitrogens with zero attached hydrogens (tertiary/aromatic N) is 1. The number of rotatable bonds is 4. The maximum absolute atomic E-state index is 12.2. The van der Waals surface area contributed by atoms with Gasteiger partial charge in [0.15, 0.2) is 0 Å². The van der Waals surface area contributed by atoms with Crippen molar-refractivity contribution in [2.45, 2.75) is 18.5 Å². The zero-order valence-corrected chi connectivity index (χ0v) is 17.2. The summed E-state index contributed by atoms with van der Waals surface area (Å²) in [5, 5.41) is 4.57. The summed E-state index contributed by atoms with van der Waals surface area (Å²) in [7, 11) is 0. The minimum Gasteiger partial charge on any atom is -0.364 e. The van der Waals surface area contributed by atoms with Gasteiger partial charge in [0, 0.05) is 15.9 Å². The third-order valence-corrected chi connectivity index (χ3v) is 5.95. The summed E-state index contributed by atoms with van der Waals surface area (Å²) in [6.07, 6.45) is 0.703. The zero-order chi connectivity index (χ0) is 19.1. The number of hydrogen-bond acceptors (Lipinski definition) is 2. The lowest BCUT2D eigenvalue weighted by Gasteiger charge is -2.25. The summed E-state index contributed by atoms with van der Waals surface area (Å²) in [4.78, 5) is 24.4. The molecule has 27 heavy (non-hydrogen) atoms. The van der Waals surface area contributed by atoms with E-state index in [2.05, 4.69) is 11.4 Å². The lowest BCUT2D eigenvalue weighted by Crippen LogP contribution is -2.34. The largest absolute Gasteiger partial charge is 0.364 e. The number of primary amides is 1. The van der Waals surface area contributed by atoms with Crippen LogP contribution < -0.4 is 11.1 Å². The quantitative estimate of drug-likeness (QED) is 0.429. The van der Waals surface area contributed by atoms with E-state index in [1.807, 2.05) is 57.5 Å². The molecule has 138 valence electrons. The normalized spacial score (nSPS) is 18.4. The van der Waals surface area contributed by atoms with E-state index >= 15 is 0 Å². The van der Waals surface area contributed by atoms with Crippen LogP contribution in [0.15, 0.2) is 48.5 Å². The molecular weight excluding hydrogens is 477 g/mol. The van der Waals surface area contributed by atoms with Crippen LogP contribution in [0.2, 0.25) is 5.02 Å². The number of alkyl halides is 1. The number of fused-ring (bicyclic) bond motifs is 2. The van der Waals surface area contributed by atoms with Crippen molar-refractivity contribution in [3.63, 3.8) is 0 Å². The third kappa shape index (κ3) is 3.21. The van der Waals surface area contributed by atoms with E-state index in [-0.39, 0.29) is 18.0 Å². The summed E-state index contributed by atoms with van der Waals surface area (Å²) in [6.45, 7) is 0. The van der Waals surface area contributed by atoms with Gasteiger partial charge in [0.2, 0.25) is 5.91 Å². The summed E-state index contributed by atoms with van der Waals surface area (Å²) in [6, 6.07) is 14.9. The van der Waals surface area contributed by atoms with E-state index in [1.165, 1.54) is 0 Å². The molecule has 0 radical (unpaired) electrons. The molecule has 3 aromatic rings. The molecule has 1 aliphatic carbocycles. The monoisotopic (exact) mass is 493 g/mol. The molecule has 2 amide bonds. The second kappa shape index (κ2) is 7.16. The maximum Gasteiger partial charge on any atom is 0.265 e. The molecule has 1 aromatic heterocycles. The molecular formula is C20H17ClIN3O2. The first kappa shape index (κ1) is 18.3. The lowest BCUT2D eigenvalue weighted by molar-refractivity contribution is -0.119. The molecule has 3 N–H and O–H groups in total. The molecule has 0 bridgehead atoms. The number of hydrogen-bond donors (Lipinski definition) is 2. The number of nitrogens with one attached hydrogen (secondary N) is 1. The Hall–Kier alpha value is -2.06. The van der Waals surface area contributed by atoms with Crippen LogP contribution in [0, 0.1) is 0 Å². The first-order valence-corrected chi connectivity index (χ1v) is 10.4. The van der Waals surface area contributed by atoms with E-state index in [1.54, 1.807) is 12.1 Å². The van der Waals surface area contributed by atoms with Gasteiger partial charge in [-0.1, -0.05) is 58.5 Å². The van der Waals surface area contributed by atoms with Crippen LogP contribution in [0.1, 0.15) is 33.7 Å². The number of carbonyl (C=O) groups is 2. The van der Waals surface area contributed by atoms with Gasteiger partial charge in [-0.2, -0.15) is 0 Å². The molecule has 1 heterocycles. The van der Waals surface area contributed by atoms with E-state index in [9.17, 15) is 9.59 Å². The van der Waals surface area contributed by atoms with Gasteiger partial charge in [-0.15, -0.1) is 0 Å². The van der Waals surface area contributed by atoms with Crippen LogP contribution in [0.3, 0.4) is 0 Å². The standard InChI is InChI=1S/C20H17ClIN3O2/c21-13-5-6-15-12(7-13)9-17(20(23)27)25(15)16-8-11-3-1-2-4-14(11)19(16)24-18(26)10-22/h1-7,9,16,19H,8,10H2,(H2,23,27)(H,24,26). The average molecular weight is 494 g/mol. The smallest absolute Gasteiger partial charge is 0.265 e. The first-order chi connectivity index (χ1) is 13.0. The molecule has 2 atom stereocenters. The second-order valence-electron chi connectivity index (χ2n) is 6.62. The van der Waals surface area contributed by atoms with Crippen LogP contribution in [-0.4, -0.2) is 20.8 Å². The predicted molar refractivity (Wildman–Crippen MR) is 114 cm³/mol. The second-order valence-corrected chi connectivity index (χ2v) is 7.82. The molecule has 1 aliphatic rings. The Morgan fingerprint density at radius 2 is 2.00 bits per heavy atom. The van der Waals surface area contributed by atoms with Crippen molar-refractivity contribution in [3.8, 4) is 0 Å². The molecule has 5 nitrogen and oxygen atoms in total. The van der Waals surface area contributed by atoms with Gasteiger partial charge in [-0.25, -0.2) is 0 Å². The van der Waals surface area contributed by atoms with E-state index in [0.29, 0.717) is 21.6 Å². The van der Waals surface area contributed by atoms with Gasteiger partial charge >= 0.3 is 0 Å². The van der Waals surface area contributed by atoms with Crippen molar-refractivity contribution in [2.24, 2.45) is 5.73 Å². The molecule has 7 heteroatoms. The first-order valence-electron chi connectivity index (χ1n) is 8.53. The molecule has 0 fully saturated rings. The Balaban J connectivity index is 1.90. The van der Waals surface area contributed by atoms with Crippen molar-refractivity contribution in [1.82, 2.24) is 9.88 Å². The van der Waals surface area contributed by atoms with Crippen molar-refractivity contribution < 1.29 is 9.59 Å². The van der Waals surface area contributed by atoms with Gasteiger partial charge in [0.25, 0.3) is 5.91 Å². The predicted octanol–water partition coefficient (Wildman–Crippen LogP) is 3.78. The van der Waals surface area contributed by atoms with Crippen molar-refractivity contribution in [2.75, 3.05) is 4.43 Å². The third-order valence-electron chi connectivity index (χ3n) is 5.03. The molecule has 2 aromatic carbocycles. The van der Waals surface area contributed by atoms with E-state index in [4.69, 9.17) is 17.3 Å². The molecule has 0 saturated carbocycles. The summed E-state index contributed by atoms with van der Waals surface area (Å²) in [5.74, 6) is -0.542. The fraction of sp³-hybridized carbons (Fsp3) is 0.200. The Bertz CT molecular complexity index is 1060. The zero-order valence-electron chi connectivity index (χ0n) is 14.3. The molecule has 0 saturated heterocycles. The SMILES string of the molecule is NC(=O)c1cc2cc(Cl)ccc2n1C1Cc2ccccc2C1NC(=O)CI. The highest BCUT2D eigenvalue weighted by Crippen LogP contribution is 2.42. The van der Waals surface area contributed by atoms with Crippen LogP contribution >= 0.6 is 34.2 Å². The van der Waals surface area contributed by atoms with Gasteiger partial charge in [0.1, 0.15) is 5.69 Å². The minimum atomic E-state index is -0.503. The summed E-state index contributed by atoms with van der Waals surface area (Å²) < 4.78 is 2.32. The topological polar surface area (TPSA) is 77.1 Å². The molecule has 4 rings (SSSR count). The highest BCUT2D eigenvalue weighted by molar-refractivity contribution is 14.1. The van der Waals surface area contributed by atoms with Crippen molar-refractivity contribution in [1.29, 1.82) is 0 Å². The maximum atomic E-state index is 12.2. The number of benzene rings is 2. The Labute approximate surface area is 175 Å². The summed E-state index contributed by atoms with van der Waals surface area (Å²) in [5.41, 5.74) is 9.21. The number of nitrogens with two attached hydrogens (primary N) is 1. The van der Waals surface area contributed by atoms with E-state index < -0.39 is 5.91 Å². The van der Waals surface area contributed by atoms with Crippen LogP contribution in [0.25, 0.3) is 10.9 Å². The van der Waals surface area contributed by atoms with Crippen molar-refractivity contribution in [3.05, 3.63) is 70.4 Å². The van der Waals surface area contributed by atoms with Gasteiger partial charge in [0.05, 0.1) is 16.5 Å². The van der Waals surface area contributed by atoms with Crippen molar-refractivity contribution >= 4 is 56.9 Å². The lowest BCUT2D eigenvalue weighted by atomic mass is 10.1. The highest BCUT2D eigenvalue weighted by atomic mass is 127. The minimum absolute atomic E-state index is 0.0394. The molecule has 0 spiro atoms. The number of carbonyl (C=O) groups excluding carboxylic acids is 2. The fourth-order valence-corrected chi connectivity index (χ4v) is 4.36. The Morgan fingerprint density at radius 1 is 1.22 bits per heavy atom. The van der Waals surface area contributed by atoms with Gasteiger partial charge in [-0.05, 0) is 41.8 Å². The Morgan fingerprint density at radius 3 is 2.74 bits per heavy atom. The Kier molecular flexibility index (Phi) is 4.86. The summed E-state index contributed by atoms with van der Waals surface area (Å²) >= 11 is 8.17. The molecule has 2 unspecified atom stereocenters. The number of aromatic nitrogens is 1.